The third-order valence-electron chi connectivity index (χ3n) is 1.94. The number of carbonyl (C=O) groups is 2. The first-order valence-electron chi connectivity index (χ1n) is 5.83. The number of nitrogens with one attached hydrogen (secondary N) is 1. The second-order valence-electron chi connectivity index (χ2n) is 4.78. The Hall–Kier alpha value is -1.06. The number of alkyl carbamates (subject to hydrolysis) is 1. The summed E-state index contributed by atoms with van der Waals surface area (Å²) in [6.45, 7) is 7.90. The maximum atomic E-state index is 11.2. The molecule has 0 aliphatic heterocycles. The van der Waals surface area contributed by atoms with Crippen LogP contribution in [0.2, 0.25) is 0 Å². The molecule has 0 rings (SSSR count). The average Bonchev–Trinajstić information content (AvgIpc) is 2.14. The van der Waals surface area contributed by atoms with E-state index in [2.05, 4.69) is 5.32 Å². The molecule has 4 nitrogen and oxygen atoms in total. The summed E-state index contributed by atoms with van der Waals surface area (Å²) >= 11 is 0. The number of rotatable bonds is 6. The van der Waals surface area contributed by atoms with Gasteiger partial charge in [0.2, 0.25) is 0 Å². The fourth-order valence-corrected chi connectivity index (χ4v) is 1.13. The van der Waals surface area contributed by atoms with Crippen molar-refractivity contribution in [3.8, 4) is 0 Å². The fourth-order valence-electron chi connectivity index (χ4n) is 1.13. The Kier molecular flexibility index (Phi) is 6.77. The third-order valence-corrected chi connectivity index (χ3v) is 1.94. The van der Waals surface area contributed by atoms with E-state index in [1.54, 1.807) is 0 Å². The van der Waals surface area contributed by atoms with Crippen LogP contribution in [-0.4, -0.2) is 24.0 Å². The molecule has 0 fully saturated rings. The molecule has 0 spiro atoms. The van der Waals surface area contributed by atoms with Crippen molar-refractivity contribution in [1.82, 2.24) is 5.32 Å². The third kappa shape index (κ3) is 9.49. The van der Waals surface area contributed by atoms with Gasteiger partial charge in [-0.3, -0.25) is 4.79 Å². The Morgan fingerprint density at radius 2 is 1.81 bits per heavy atom. The summed E-state index contributed by atoms with van der Waals surface area (Å²) in [5.74, 6) is 0.275. The molecule has 1 amide bonds. The van der Waals surface area contributed by atoms with Gasteiger partial charge in [-0.15, -0.1) is 0 Å². The van der Waals surface area contributed by atoms with Gasteiger partial charge in [-0.05, 0) is 33.6 Å². The standard InChI is InChI=1S/C12H23NO3/c1-5-10(14)8-6-7-9-13-11(15)16-12(2,3)4/h5-9H2,1-4H3,(H,13,15). The zero-order valence-corrected chi connectivity index (χ0v) is 10.8. The van der Waals surface area contributed by atoms with E-state index in [-0.39, 0.29) is 5.78 Å². The maximum Gasteiger partial charge on any atom is 0.407 e. The predicted octanol–water partition coefficient (Wildman–Crippen LogP) is 2.66. The van der Waals surface area contributed by atoms with E-state index in [0.717, 1.165) is 12.8 Å². The Balaban J connectivity index is 3.45. The molecule has 0 aromatic heterocycles. The molecule has 4 heteroatoms. The lowest BCUT2D eigenvalue weighted by Gasteiger charge is -2.19. The van der Waals surface area contributed by atoms with Crippen LogP contribution in [0.3, 0.4) is 0 Å². The number of unbranched alkanes of at least 4 members (excludes halogenated alkanes) is 1. The first kappa shape index (κ1) is 14.9. The molecule has 0 aliphatic rings. The van der Waals surface area contributed by atoms with Crippen LogP contribution in [-0.2, 0) is 9.53 Å². The summed E-state index contributed by atoms with van der Waals surface area (Å²) in [7, 11) is 0. The van der Waals surface area contributed by atoms with Crippen molar-refractivity contribution in [3.05, 3.63) is 0 Å². The molecular formula is C12H23NO3. The van der Waals surface area contributed by atoms with Crippen molar-refractivity contribution in [2.75, 3.05) is 6.54 Å². The largest absolute Gasteiger partial charge is 0.444 e. The monoisotopic (exact) mass is 229 g/mol. The molecule has 0 saturated heterocycles. The van der Waals surface area contributed by atoms with Crippen molar-refractivity contribution in [3.63, 3.8) is 0 Å². The van der Waals surface area contributed by atoms with E-state index in [9.17, 15) is 9.59 Å². The van der Waals surface area contributed by atoms with Crippen LogP contribution in [0, 0.1) is 0 Å². The average molecular weight is 229 g/mol. The van der Waals surface area contributed by atoms with Crippen LogP contribution in [0.1, 0.15) is 53.4 Å². The van der Waals surface area contributed by atoms with Crippen molar-refractivity contribution < 1.29 is 14.3 Å². The van der Waals surface area contributed by atoms with Crippen LogP contribution in [0.25, 0.3) is 0 Å². The Labute approximate surface area is 97.7 Å². The first-order chi connectivity index (χ1) is 7.35. The minimum Gasteiger partial charge on any atom is -0.444 e. The summed E-state index contributed by atoms with van der Waals surface area (Å²) in [6, 6.07) is 0. The highest BCUT2D eigenvalue weighted by Crippen LogP contribution is 2.06. The van der Waals surface area contributed by atoms with Gasteiger partial charge in [0.1, 0.15) is 11.4 Å². The Bertz CT molecular complexity index is 231. The summed E-state index contributed by atoms with van der Waals surface area (Å²) in [6.07, 6.45) is 2.44. The fraction of sp³-hybridized carbons (Fsp3) is 0.833. The van der Waals surface area contributed by atoms with Crippen molar-refractivity contribution >= 4 is 11.9 Å². The van der Waals surface area contributed by atoms with Gasteiger partial charge in [0.05, 0.1) is 0 Å². The SMILES string of the molecule is CCC(=O)CCCCNC(=O)OC(C)(C)C. The molecule has 1 N–H and O–H groups in total. The normalized spacial score (nSPS) is 11.0. The van der Waals surface area contributed by atoms with Gasteiger partial charge in [0.15, 0.2) is 0 Å². The van der Waals surface area contributed by atoms with Crippen LogP contribution < -0.4 is 5.32 Å². The topological polar surface area (TPSA) is 55.4 Å². The summed E-state index contributed by atoms with van der Waals surface area (Å²) in [4.78, 5) is 22.2. The predicted molar refractivity (Wildman–Crippen MR) is 63.4 cm³/mol. The van der Waals surface area contributed by atoms with Gasteiger partial charge in [-0.25, -0.2) is 4.79 Å². The molecule has 0 saturated carbocycles. The van der Waals surface area contributed by atoms with Gasteiger partial charge in [-0.2, -0.15) is 0 Å². The van der Waals surface area contributed by atoms with Gasteiger partial charge in [0.25, 0.3) is 0 Å². The lowest BCUT2D eigenvalue weighted by Crippen LogP contribution is -2.33. The molecule has 0 unspecified atom stereocenters. The highest BCUT2D eigenvalue weighted by Gasteiger charge is 2.15. The van der Waals surface area contributed by atoms with Gasteiger partial charge in [0, 0.05) is 19.4 Å². The summed E-state index contributed by atoms with van der Waals surface area (Å²) < 4.78 is 5.07. The maximum absolute atomic E-state index is 11.2. The molecule has 0 atom stereocenters. The number of carbonyl (C=O) groups excluding carboxylic acids is 2. The Morgan fingerprint density at radius 3 is 2.31 bits per heavy atom. The minimum absolute atomic E-state index is 0.275. The lowest BCUT2D eigenvalue weighted by molar-refractivity contribution is -0.118. The van der Waals surface area contributed by atoms with E-state index in [1.807, 2.05) is 27.7 Å². The van der Waals surface area contributed by atoms with Crippen molar-refractivity contribution in [2.24, 2.45) is 0 Å². The van der Waals surface area contributed by atoms with Gasteiger partial charge in [-0.1, -0.05) is 6.92 Å². The van der Waals surface area contributed by atoms with Crippen molar-refractivity contribution in [2.45, 2.75) is 59.0 Å². The van der Waals surface area contributed by atoms with Crippen LogP contribution >= 0.6 is 0 Å². The quantitative estimate of drug-likeness (QED) is 0.712. The molecule has 0 aromatic carbocycles. The second kappa shape index (κ2) is 7.25. The van der Waals surface area contributed by atoms with Crippen LogP contribution in [0.4, 0.5) is 4.79 Å². The molecule has 0 aliphatic carbocycles. The first-order valence-corrected chi connectivity index (χ1v) is 5.83. The molecule has 0 aromatic rings. The van der Waals surface area contributed by atoms with Gasteiger partial charge >= 0.3 is 6.09 Å². The summed E-state index contributed by atoms with van der Waals surface area (Å²) in [5, 5.41) is 2.66. The smallest absolute Gasteiger partial charge is 0.407 e. The van der Waals surface area contributed by atoms with E-state index >= 15 is 0 Å². The molecule has 0 heterocycles. The van der Waals surface area contributed by atoms with Crippen molar-refractivity contribution in [1.29, 1.82) is 0 Å². The van der Waals surface area contributed by atoms with Crippen LogP contribution in [0.15, 0.2) is 0 Å². The number of Topliss-reactive ketones (excluding diaryl/α,β-unsaturated/α-hetero) is 1. The molecule has 94 valence electrons. The van der Waals surface area contributed by atoms with E-state index in [4.69, 9.17) is 4.74 Å². The number of ketones is 1. The molecular weight excluding hydrogens is 206 g/mol. The Morgan fingerprint density at radius 1 is 1.19 bits per heavy atom. The minimum atomic E-state index is -0.456. The summed E-state index contributed by atoms with van der Waals surface area (Å²) in [5.41, 5.74) is -0.456. The van der Waals surface area contributed by atoms with Gasteiger partial charge < -0.3 is 10.1 Å². The highest BCUT2D eigenvalue weighted by atomic mass is 16.6. The molecule has 0 bridgehead atoms. The highest BCUT2D eigenvalue weighted by molar-refractivity contribution is 5.77. The number of hydrogen-bond acceptors (Lipinski definition) is 3. The van der Waals surface area contributed by atoms with E-state index < -0.39 is 11.7 Å². The number of amides is 1. The van der Waals surface area contributed by atoms with E-state index in [1.165, 1.54) is 0 Å². The second-order valence-corrected chi connectivity index (χ2v) is 4.78. The van der Waals surface area contributed by atoms with Crippen LogP contribution in [0.5, 0.6) is 0 Å². The molecule has 0 radical (unpaired) electrons. The number of ether oxygens (including phenoxy) is 1. The van der Waals surface area contributed by atoms with E-state index in [0.29, 0.717) is 19.4 Å². The zero-order valence-electron chi connectivity index (χ0n) is 10.8. The zero-order chi connectivity index (χ0) is 12.6. The molecule has 16 heavy (non-hydrogen) atoms. The lowest BCUT2D eigenvalue weighted by atomic mass is 10.1. The number of hydrogen-bond donors (Lipinski definition) is 1.